The normalized spacial score (nSPS) is 16.2. The molecule has 1 aliphatic rings. The van der Waals surface area contributed by atoms with Gasteiger partial charge in [-0.25, -0.2) is 12.7 Å². The predicted molar refractivity (Wildman–Crippen MR) is 119 cm³/mol. The number of hydrogen-bond acceptors (Lipinski definition) is 5. The van der Waals surface area contributed by atoms with E-state index in [9.17, 15) is 22.8 Å². The molecule has 0 radical (unpaired) electrons. The van der Waals surface area contributed by atoms with Crippen molar-refractivity contribution in [1.29, 1.82) is 0 Å². The number of amides is 3. The Morgan fingerprint density at radius 3 is 2.28 bits per heavy atom. The summed E-state index contributed by atoms with van der Waals surface area (Å²) in [6.07, 6.45) is 0.726. The van der Waals surface area contributed by atoms with Gasteiger partial charge < -0.3 is 10.2 Å². The lowest BCUT2D eigenvalue weighted by molar-refractivity contribution is -0.140. The SMILES string of the molecule is CC[C@@H](C)NC(=O)[C@H](C)N(Cc1ccccc1)C(=O)CN1C(=O)c2ccccc2S1(=O)=O. The molecule has 1 heterocycles. The molecule has 0 aromatic heterocycles. The fourth-order valence-corrected chi connectivity index (χ4v) is 4.95. The van der Waals surface area contributed by atoms with Gasteiger partial charge in [-0.3, -0.25) is 14.4 Å². The minimum absolute atomic E-state index is 0.0393. The van der Waals surface area contributed by atoms with E-state index < -0.39 is 34.4 Å². The van der Waals surface area contributed by atoms with Crippen LogP contribution in [0.4, 0.5) is 0 Å². The summed E-state index contributed by atoms with van der Waals surface area (Å²) in [6, 6.07) is 14.0. The zero-order chi connectivity index (χ0) is 23.5. The third-order valence-corrected chi connectivity index (χ3v) is 7.34. The van der Waals surface area contributed by atoms with Gasteiger partial charge >= 0.3 is 0 Å². The van der Waals surface area contributed by atoms with Crippen molar-refractivity contribution in [2.24, 2.45) is 0 Å². The minimum Gasteiger partial charge on any atom is -0.352 e. The first-order valence-corrected chi connectivity index (χ1v) is 11.9. The lowest BCUT2D eigenvalue weighted by Gasteiger charge is -2.30. The lowest BCUT2D eigenvalue weighted by Crippen LogP contribution is -2.52. The second-order valence-electron chi connectivity index (χ2n) is 7.81. The number of fused-ring (bicyclic) bond motifs is 1. The number of carbonyl (C=O) groups excluding carboxylic acids is 3. The van der Waals surface area contributed by atoms with E-state index in [2.05, 4.69) is 5.32 Å². The summed E-state index contributed by atoms with van der Waals surface area (Å²) in [5, 5.41) is 2.85. The van der Waals surface area contributed by atoms with E-state index in [4.69, 9.17) is 0 Å². The zero-order valence-corrected chi connectivity index (χ0v) is 19.1. The van der Waals surface area contributed by atoms with Gasteiger partial charge in [0.2, 0.25) is 11.8 Å². The van der Waals surface area contributed by atoms with Gasteiger partial charge in [-0.15, -0.1) is 0 Å². The van der Waals surface area contributed by atoms with Crippen molar-refractivity contribution in [1.82, 2.24) is 14.5 Å². The smallest absolute Gasteiger partial charge is 0.269 e. The van der Waals surface area contributed by atoms with Gasteiger partial charge in [0.15, 0.2) is 0 Å². The van der Waals surface area contributed by atoms with E-state index in [0.717, 1.165) is 12.0 Å². The third-order valence-electron chi connectivity index (χ3n) is 5.55. The molecular formula is C23H27N3O5S. The Bertz CT molecular complexity index is 1120. The molecule has 3 rings (SSSR count). The highest BCUT2D eigenvalue weighted by Gasteiger charge is 2.43. The largest absolute Gasteiger partial charge is 0.352 e. The molecule has 0 saturated carbocycles. The van der Waals surface area contributed by atoms with E-state index in [0.29, 0.717) is 4.31 Å². The topological polar surface area (TPSA) is 104 Å². The summed E-state index contributed by atoms with van der Waals surface area (Å²) in [4.78, 5) is 39.9. The van der Waals surface area contributed by atoms with Crippen molar-refractivity contribution in [3.8, 4) is 0 Å². The highest BCUT2D eigenvalue weighted by atomic mass is 32.2. The number of rotatable bonds is 8. The predicted octanol–water partition coefficient (Wildman–Crippen LogP) is 2.16. The fourth-order valence-electron chi connectivity index (χ4n) is 3.43. The number of sulfonamides is 1. The van der Waals surface area contributed by atoms with Crippen molar-refractivity contribution in [3.05, 3.63) is 65.7 Å². The summed E-state index contributed by atoms with van der Waals surface area (Å²) >= 11 is 0. The van der Waals surface area contributed by atoms with Gasteiger partial charge in [-0.2, -0.15) is 0 Å². The van der Waals surface area contributed by atoms with Gasteiger partial charge in [0.05, 0.1) is 5.56 Å². The maximum Gasteiger partial charge on any atom is 0.269 e. The Kier molecular flexibility index (Phi) is 6.98. The van der Waals surface area contributed by atoms with Crippen LogP contribution < -0.4 is 5.32 Å². The number of carbonyl (C=O) groups is 3. The monoisotopic (exact) mass is 457 g/mol. The molecule has 0 bridgehead atoms. The molecule has 0 fully saturated rings. The van der Waals surface area contributed by atoms with Gasteiger partial charge in [-0.05, 0) is 38.0 Å². The molecule has 2 atom stereocenters. The van der Waals surface area contributed by atoms with E-state index >= 15 is 0 Å². The maximum absolute atomic E-state index is 13.3. The number of benzene rings is 2. The van der Waals surface area contributed by atoms with Crippen LogP contribution in [-0.4, -0.2) is 54.0 Å². The van der Waals surface area contributed by atoms with Gasteiger partial charge in [0.1, 0.15) is 17.5 Å². The maximum atomic E-state index is 13.3. The summed E-state index contributed by atoms with van der Waals surface area (Å²) in [5.74, 6) is -1.72. The molecule has 3 amide bonds. The molecule has 1 N–H and O–H groups in total. The molecular weight excluding hydrogens is 430 g/mol. The highest BCUT2D eigenvalue weighted by Crippen LogP contribution is 2.30. The van der Waals surface area contributed by atoms with Crippen molar-refractivity contribution in [2.45, 2.75) is 50.7 Å². The summed E-state index contributed by atoms with van der Waals surface area (Å²) in [6.45, 7) is 4.81. The van der Waals surface area contributed by atoms with Crippen LogP contribution in [-0.2, 0) is 26.2 Å². The van der Waals surface area contributed by atoms with Crippen LogP contribution in [0, 0.1) is 0 Å². The lowest BCUT2D eigenvalue weighted by atomic mass is 10.1. The summed E-state index contributed by atoms with van der Waals surface area (Å²) in [5.41, 5.74) is 0.820. The minimum atomic E-state index is -4.13. The first-order valence-electron chi connectivity index (χ1n) is 10.5. The average Bonchev–Trinajstić information content (AvgIpc) is 2.98. The summed E-state index contributed by atoms with van der Waals surface area (Å²) in [7, 11) is -4.13. The molecule has 8 nitrogen and oxygen atoms in total. The van der Waals surface area contributed by atoms with E-state index in [1.807, 2.05) is 44.2 Å². The first-order chi connectivity index (χ1) is 15.2. The highest BCUT2D eigenvalue weighted by molar-refractivity contribution is 7.90. The average molecular weight is 458 g/mol. The quantitative estimate of drug-likeness (QED) is 0.654. The molecule has 170 valence electrons. The summed E-state index contributed by atoms with van der Waals surface area (Å²) < 4.78 is 26.3. The van der Waals surface area contributed by atoms with E-state index in [1.165, 1.54) is 23.1 Å². The fraction of sp³-hybridized carbons (Fsp3) is 0.348. The van der Waals surface area contributed by atoms with Crippen LogP contribution in [0.15, 0.2) is 59.5 Å². The Hall–Kier alpha value is -3.20. The van der Waals surface area contributed by atoms with Crippen molar-refractivity contribution < 1.29 is 22.8 Å². The van der Waals surface area contributed by atoms with Crippen LogP contribution in [0.5, 0.6) is 0 Å². The molecule has 0 spiro atoms. The zero-order valence-electron chi connectivity index (χ0n) is 18.3. The number of nitrogens with one attached hydrogen (secondary N) is 1. The van der Waals surface area contributed by atoms with Gasteiger partial charge in [0, 0.05) is 12.6 Å². The van der Waals surface area contributed by atoms with Crippen LogP contribution in [0.1, 0.15) is 43.1 Å². The number of nitrogens with zero attached hydrogens (tertiary/aromatic N) is 2. The molecule has 0 saturated heterocycles. The van der Waals surface area contributed by atoms with Crippen molar-refractivity contribution in [3.63, 3.8) is 0 Å². The van der Waals surface area contributed by atoms with E-state index in [-0.39, 0.29) is 29.0 Å². The Labute approximate surface area is 188 Å². The molecule has 9 heteroatoms. The first kappa shape index (κ1) is 23.5. The van der Waals surface area contributed by atoms with E-state index in [1.54, 1.807) is 13.0 Å². The molecule has 2 aromatic rings. The molecule has 0 aliphatic carbocycles. The van der Waals surface area contributed by atoms with Crippen molar-refractivity contribution >= 4 is 27.7 Å². The third kappa shape index (κ3) is 4.67. The van der Waals surface area contributed by atoms with Crippen molar-refractivity contribution in [2.75, 3.05) is 6.54 Å². The Morgan fingerprint density at radius 2 is 1.66 bits per heavy atom. The van der Waals surface area contributed by atoms with Crippen LogP contribution in [0.3, 0.4) is 0 Å². The molecule has 1 aliphatic heterocycles. The Morgan fingerprint density at radius 1 is 1.03 bits per heavy atom. The second-order valence-corrected chi connectivity index (χ2v) is 9.64. The van der Waals surface area contributed by atoms with Crippen LogP contribution in [0.25, 0.3) is 0 Å². The Balaban J connectivity index is 1.87. The second kappa shape index (κ2) is 9.52. The number of hydrogen-bond donors (Lipinski definition) is 1. The molecule has 2 aromatic carbocycles. The molecule has 32 heavy (non-hydrogen) atoms. The molecule has 0 unspecified atom stereocenters. The van der Waals surface area contributed by atoms with Gasteiger partial charge in [-0.1, -0.05) is 49.4 Å². The standard InChI is InChI=1S/C23H27N3O5S/c1-4-16(2)24-22(28)17(3)25(14-18-10-6-5-7-11-18)21(27)15-26-23(29)19-12-8-9-13-20(19)32(26,30)31/h5-13,16-17H,4,14-15H2,1-3H3,(H,24,28)/t16-,17+/m1/s1. The van der Waals surface area contributed by atoms with Crippen LogP contribution in [0.2, 0.25) is 0 Å². The van der Waals surface area contributed by atoms with Crippen LogP contribution >= 0.6 is 0 Å². The van der Waals surface area contributed by atoms with Gasteiger partial charge in [0.25, 0.3) is 15.9 Å².